The van der Waals surface area contributed by atoms with Crippen LogP contribution in [0.3, 0.4) is 0 Å². The van der Waals surface area contributed by atoms with Crippen LogP contribution in [0.2, 0.25) is 0 Å². The molecule has 7 nitrogen and oxygen atoms in total. The van der Waals surface area contributed by atoms with E-state index >= 15 is 0 Å². The molecule has 0 amide bonds. The van der Waals surface area contributed by atoms with Gasteiger partial charge in [0, 0.05) is 29.5 Å². The van der Waals surface area contributed by atoms with Gasteiger partial charge in [-0.3, -0.25) is 4.90 Å². The van der Waals surface area contributed by atoms with Crippen LogP contribution in [0.1, 0.15) is 22.9 Å². The first-order chi connectivity index (χ1) is 15.1. The summed E-state index contributed by atoms with van der Waals surface area (Å²) in [6.07, 6.45) is -4.32. The van der Waals surface area contributed by atoms with Gasteiger partial charge < -0.3 is 21.1 Å². The summed E-state index contributed by atoms with van der Waals surface area (Å²) in [4.78, 5) is 3.96. The van der Waals surface area contributed by atoms with Gasteiger partial charge in [-0.1, -0.05) is 18.2 Å². The minimum absolute atomic E-state index is 0.0697. The normalized spacial score (nSPS) is 18.7. The minimum Gasteiger partial charge on any atom is -0.377 e. The third-order valence-corrected chi connectivity index (χ3v) is 5.94. The zero-order valence-electron chi connectivity index (χ0n) is 17.8. The number of aromatic nitrogens is 2. The molecule has 0 bridgehead atoms. The highest BCUT2D eigenvalue weighted by Gasteiger charge is 2.33. The van der Waals surface area contributed by atoms with E-state index in [0.29, 0.717) is 17.9 Å². The molecule has 1 aliphatic rings. The lowest BCUT2D eigenvalue weighted by Crippen LogP contribution is -2.51. The Morgan fingerprint density at radius 3 is 2.72 bits per heavy atom. The van der Waals surface area contributed by atoms with E-state index in [4.69, 9.17) is 5.73 Å². The van der Waals surface area contributed by atoms with E-state index in [-0.39, 0.29) is 5.56 Å². The number of β-amino-alcohol motifs (C(OH)–C–C–N with tert-alkyl or cyclic N) is 1. The Bertz CT molecular complexity index is 1120. The van der Waals surface area contributed by atoms with Gasteiger partial charge in [-0.25, -0.2) is 0 Å². The molecule has 2 aromatic carbocycles. The van der Waals surface area contributed by atoms with Crippen molar-refractivity contribution in [2.45, 2.75) is 25.5 Å². The second-order valence-electron chi connectivity index (χ2n) is 8.01. The summed E-state index contributed by atoms with van der Waals surface area (Å²) in [5.41, 5.74) is 6.84. The summed E-state index contributed by atoms with van der Waals surface area (Å²) in [6.45, 7) is 3.35. The lowest BCUT2D eigenvalue weighted by molar-refractivity contribution is -0.138. The number of nitrogens with zero attached hydrogens (tertiary/aromatic N) is 4. The Kier molecular flexibility index (Phi) is 5.93. The highest BCUT2D eigenvalue weighted by Crippen LogP contribution is 2.35. The van der Waals surface area contributed by atoms with Gasteiger partial charge in [0.25, 0.3) is 0 Å². The van der Waals surface area contributed by atoms with Crippen LogP contribution >= 0.6 is 0 Å². The molecule has 32 heavy (non-hydrogen) atoms. The van der Waals surface area contributed by atoms with E-state index in [1.165, 1.54) is 13.0 Å². The average molecular weight is 446 g/mol. The summed E-state index contributed by atoms with van der Waals surface area (Å²) >= 11 is 0. The molecule has 4 rings (SSSR count). The third kappa shape index (κ3) is 4.34. The maximum atomic E-state index is 13.3. The number of halogens is 3. The van der Waals surface area contributed by atoms with E-state index in [1.54, 1.807) is 12.3 Å². The van der Waals surface area contributed by atoms with Gasteiger partial charge in [-0.15, -0.1) is 5.10 Å². The molecule has 4 N–H and O–H groups in total. The number of hydrogen-bond donors (Lipinski definition) is 3. The average Bonchev–Trinajstić information content (AvgIpc) is 2.75. The number of benzene rings is 2. The first-order valence-electron chi connectivity index (χ1n) is 10.2. The molecule has 1 aliphatic heterocycles. The van der Waals surface area contributed by atoms with Gasteiger partial charge in [0.1, 0.15) is 12.4 Å². The topological polar surface area (TPSA) is 90.5 Å². The van der Waals surface area contributed by atoms with Crippen LogP contribution in [0, 0.1) is 6.92 Å². The number of aliphatic hydroxyl groups is 1. The first kappa shape index (κ1) is 22.3. The van der Waals surface area contributed by atoms with Crippen LogP contribution in [-0.4, -0.2) is 53.1 Å². The Labute approximate surface area is 183 Å². The molecule has 3 aromatic rings. The molecule has 0 radical (unpaired) electrons. The molecule has 1 aromatic heterocycles. The number of piperazine rings is 1. The number of likely N-dealkylation sites (N-methyl/N-ethyl adjacent to an activating group) is 1. The zero-order valence-corrected chi connectivity index (χ0v) is 17.8. The lowest BCUT2D eigenvalue weighted by atomic mass is 10.00. The number of hydrogen-bond acceptors (Lipinski definition) is 7. The van der Waals surface area contributed by atoms with Gasteiger partial charge in [0.05, 0.1) is 18.3 Å². The Morgan fingerprint density at radius 2 is 2.00 bits per heavy atom. The SMILES string of the molecule is Cc1c([C@@H](N)Nc2nncc3ccc(N4CCN(C)C(O)C4)cc23)cccc1C(F)(F)F. The number of rotatable bonds is 4. The quantitative estimate of drug-likeness (QED) is 0.531. The van der Waals surface area contributed by atoms with Gasteiger partial charge in [0.2, 0.25) is 0 Å². The maximum absolute atomic E-state index is 13.3. The van der Waals surface area contributed by atoms with E-state index in [2.05, 4.69) is 20.4 Å². The standard InChI is InChI=1S/C22H25F3N6O/c1-13-16(4-3-5-18(13)22(23,24)25)20(26)28-21-17-10-15(7-6-14(17)11-27-29-21)31-9-8-30(2)19(32)12-31/h3-7,10-11,19-20,32H,8-9,12,26H2,1-2H3,(H,28,29)/t19?,20-/m0/s1. The summed E-state index contributed by atoms with van der Waals surface area (Å²) in [5.74, 6) is 0.378. The van der Waals surface area contributed by atoms with Crippen molar-refractivity contribution in [1.82, 2.24) is 15.1 Å². The molecule has 0 spiro atoms. The molecular weight excluding hydrogens is 421 g/mol. The molecule has 1 fully saturated rings. The predicted octanol–water partition coefficient (Wildman–Crippen LogP) is 3.10. The Hall–Kier alpha value is -2.95. The van der Waals surface area contributed by atoms with Crippen LogP contribution < -0.4 is 16.0 Å². The van der Waals surface area contributed by atoms with Crippen molar-refractivity contribution in [3.63, 3.8) is 0 Å². The van der Waals surface area contributed by atoms with E-state index in [9.17, 15) is 18.3 Å². The smallest absolute Gasteiger partial charge is 0.377 e. The molecule has 2 heterocycles. The van der Waals surface area contributed by atoms with Crippen molar-refractivity contribution in [2.75, 3.05) is 36.9 Å². The van der Waals surface area contributed by atoms with E-state index in [1.807, 2.05) is 30.1 Å². The highest BCUT2D eigenvalue weighted by atomic mass is 19.4. The van der Waals surface area contributed by atoms with Crippen LogP contribution in [0.25, 0.3) is 10.8 Å². The maximum Gasteiger partial charge on any atom is 0.416 e. The molecule has 0 saturated carbocycles. The van der Waals surface area contributed by atoms with Gasteiger partial charge in [0.15, 0.2) is 5.82 Å². The highest BCUT2D eigenvalue weighted by molar-refractivity contribution is 5.93. The number of anilines is 2. The monoisotopic (exact) mass is 446 g/mol. The second-order valence-corrected chi connectivity index (χ2v) is 8.01. The van der Waals surface area contributed by atoms with Crippen molar-refractivity contribution >= 4 is 22.3 Å². The summed E-state index contributed by atoms with van der Waals surface area (Å²) in [5, 5.41) is 22.9. The summed E-state index contributed by atoms with van der Waals surface area (Å²) in [6, 6.07) is 9.73. The molecule has 1 saturated heterocycles. The van der Waals surface area contributed by atoms with E-state index < -0.39 is 24.1 Å². The predicted molar refractivity (Wildman–Crippen MR) is 117 cm³/mol. The third-order valence-electron chi connectivity index (χ3n) is 5.94. The number of alkyl halides is 3. The van der Waals surface area contributed by atoms with Crippen molar-refractivity contribution in [2.24, 2.45) is 5.73 Å². The fraction of sp³-hybridized carbons (Fsp3) is 0.364. The second kappa shape index (κ2) is 8.53. The van der Waals surface area contributed by atoms with Gasteiger partial charge in [-0.2, -0.15) is 18.3 Å². The van der Waals surface area contributed by atoms with Gasteiger partial charge in [-0.05, 0) is 43.3 Å². The molecule has 0 aliphatic carbocycles. The van der Waals surface area contributed by atoms with Crippen molar-refractivity contribution in [3.05, 3.63) is 59.3 Å². The molecule has 170 valence electrons. The lowest BCUT2D eigenvalue weighted by Gasteiger charge is -2.38. The number of aliphatic hydroxyl groups excluding tert-OH is 1. The fourth-order valence-electron chi connectivity index (χ4n) is 3.98. The largest absolute Gasteiger partial charge is 0.416 e. The summed E-state index contributed by atoms with van der Waals surface area (Å²) < 4.78 is 39.9. The first-order valence-corrected chi connectivity index (χ1v) is 10.2. The Morgan fingerprint density at radius 1 is 1.22 bits per heavy atom. The van der Waals surface area contributed by atoms with E-state index in [0.717, 1.165) is 35.6 Å². The number of nitrogens with one attached hydrogen (secondary N) is 1. The fourth-order valence-corrected chi connectivity index (χ4v) is 3.98. The molecule has 2 atom stereocenters. The number of nitrogens with two attached hydrogens (primary N) is 1. The van der Waals surface area contributed by atoms with Crippen LogP contribution in [-0.2, 0) is 6.18 Å². The van der Waals surface area contributed by atoms with Crippen LogP contribution in [0.15, 0.2) is 42.6 Å². The van der Waals surface area contributed by atoms with Crippen LogP contribution in [0.5, 0.6) is 0 Å². The van der Waals surface area contributed by atoms with Crippen LogP contribution in [0.4, 0.5) is 24.7 Å². The molecule has 10 heteroatoms. The Balaban J connectivity index is 1.65. The summed E-state index contributed by atoms with van der Waals surface area (Å²) in [7, 11) is 1.87. The minimum atomic E-state index is -4.46. The van der Waals surface area contributed by atoms with Gasteiger partial charge >= 0.3 is 6.18 Å². The molecule has 1 unspecified atom stereocenters. The molecular formula is C22H25F3N6O. The van der Waals surface area contributed by atoms with Crippen molar-refractivity contribution < 1.29 is 18.3 Å². The zero-order chi connectivity index (χ0) is 23.0. The van der Waals surface area contributed by atoms with Crippen molar-refractivity contribution in [1.29, 1.82) is 0 Å². The number of fused-ring (bicyclic) bond motifs is 1. The van der Waals surface area contributed by atoms with Crippen molar-refractivity contribution in [3.8, 4) is 0 Å².